The van der Waals surface area contributed by atoms with Gasteiger partial charge in [0.05, 0.1) is 6.67 Å². The number of hydrogen-bond donors (Lipinski definition) is 1. The zero-order valence-electron chi connectivity index (χ0n) is 14.5. The summed E-state index contributed by atoms with van der Waals surface area (Å²) in [5.41, 5.74) is 0.536. The number of urea groups is 1. The second-order valence-corrected chi connectivity index (χ2v) is 7.49. The highest BCUT2D eigenvalue weighted by atomic mass is 79.9. The van der Waals surface area contributed by atoms with Gasteiger partial charge in [-0.05, 0) is 49.4 Å². The molecule has 2 aromatic carbocycles. The highest BCUT2D eigenvalue weighted by Gasteiger charge is 2.49. The summed E-state index contributed by atoms with van der Waals surface area (Å²) in [6.07, 6.45) is 0. The molecule has 1 fully saturated rings. The molecule has 7 heteroatoms. The SMILES string of the molecule is CN(Cc1ccc(F)cc1)CN1C(=O)NC(C)(c2ccc(Br)cc2)C1=O. The summed E-state index contributed by atoms with van der Waals surface area (Å²) in [4.78, 5) is 28.3. The van der Waals surface area contributed by atoms with E-state index in [4.69, 9.17) is 0 Å². The first-order valence-electron chi connectivity index (χ1n) is 8.13. The number of carbonyl (C=O) groups is 2. The fourth-order valence-corrected chi connectivity index (χ4v) is 3.26. The van der Waals surface area contributed by atoms with Crippen LogP contribution in [-0.4, -0.2) is 35.5 Å². The third-order valence-corrected chi connectivity index (χ3v) is 4.97. The first kappa shape index (κ1) is 18.5. The molecule has 1 atom stereocenters. The van der Waals surface area contributed by atoms with Crippen molar-refractivity contribution in [2.24, 2.45) is 0 Å². The molecule has 26 heavy (non-hydrogen) atoms. The second kappa shape index (κ2) is 7.17. The number of amides is 3. The molecule has 0 spiro atoms. The normalized spacial score (nSPS) is 20.0. The Kier molecular flexibility index (Phi) is 5.11. The maximum Gasteiger partial charge on any atom is 0.326 e. The van der Waals surface area contributed by atoms with Crippen LogP contribution in [-0.2, 0) is 16.9 Å². The predicted molar refractivity (Wildman–Crippen MR) is 99.6 cm³/mol. The first-order valence-corrected chi connectivity index (χ1v) is 8.92. The number of carbonyl (C=O) groups excluding carboxylic acids is 2. The van der Waals surface area contributed by atoms with Crippen LogP contribution in [0.5, 0.6) is 0 Å². The third-order valence-electron chi connectivity index (χ3n) is 4.45. The monoisotopic (exact) mass is 419 g/mol. The van der Waals surface area contributed by atoms with Crippen molar-refractivity contribution in [3.05, 3.63) is 69.9 Å². The summed E-state index contributed by atoms with van der Waals surface area (Å²) in [6.45, 7) is 2.34. The minimum atomic E-state index is -1.09. The summed E-state index contributed by atoms with van der Waals surface area (Å²) in [6, 6.07) is 13.0. The molecule has 3 rings (SSSR count). The van der Waals surface area contributed by atoms with Crippen LogP contribution in [0, 0.1) is 5.82 Å². The lowest BCUT2D eigenvalue weighted by Crippen LogP contribution is -2.42. The maximum atomic E-state index is 13.0. The van der Waals surface area contributed by atoms with E-state index in [9.17, 15) is 14.0 Å². The van der Waals surface area contributed by atoms with Gasteiger partial charge in [-0.15, -0.1) is 0 Å². The van der Waals surface area contributed by atoms with Gasteiger partial charge in [0.2, 0.25) is 0 Å². The molecule has 1 unspecified atom stereocenters. The van der Waals surface area contributed by atoms with Crippen LogP contribution in [0.25, 0.3) is 0 Å². The first-order chi connectivity index (χ1) is 12.3. The quantitative estimate of drug-likeness (QED) is 0.755. The number of halogens is 2. The Balaban J connectivity index is 1.72. The van der Waals surface area contributed by atoms with Crippen LogP contribution in [0.15, 0.2) is 53.0 Å². The molecule has 1 saturated heterocycles. The maximum absolute atomic E-state index is 13.0. The second-order valence-electron chi connectivity index (χ2n) is 6.58. The number of rotatable bonds is 5. The number of imide groups is 1. The van der Waals surface area contributed by atoms with Gasteiger partial charge in [0.1, 0.15) is 11.4 Å². The molecule has 0 aliphatic carbocycles. The van der Waals surface area contributed by atoms with Gasteiger partial charge in [-0.2, -0.15) is 0 Å². The van der Waals surface area contributed by atoms with E-state index in [0.717, 1.165) is 15.6 Å². The Morgan fingerprint density at radius 1 is 1.12 bits per heavy atom. The van der Waals surface area contributed by atoms with Gasteiger partial charge in [-0.25, -0.2) is 14.1 Å². The third kappa shape index (κ3) is 3.64. The van der Waals surface area contributed by atoms with Crippen LogP contribution < -0.4 is 5.32 Å². The van der Waals surface area contributed by atoms with Crippen LogP contribution in [0.2, 0.25) is 0 Å². The van der Waals surface area contributed by atoms with E-state index in [1.807, 2.05) is 29.2 Å². The van der Waals surface area contributed by atoms with Gasteiger partial charge in [0, 0.05) is 11.0 Å². The molecule has 1 aliphatic rings. The van der Waals surface area contributed by atoms with Crippen molar-refractivity contribution in [1.29, 1.82) is 0 Å². The Morgan fingerprint density at radius 2 is 1.73 bits per heavy atom. The Hall–Kier alpha value is -2.25. The van der Waals surface area contributed by atoms with Gasteiger partial charge in [0.15, 0.2) is 0 Å². The number of nitrogens with one attached hydrogen (secondary N) is 1. The van der Waals surface area contributed by atoms with Gasteiger partial charge in [0.25, 0.3) is 5.91 Å². The highest BCUT2D eigenvalue weighted by molar-refractivity contribution is 9.10. The van der Waals surface area contributed by atoms with Crippen LogP contribution in [0.4, 0.5) is 9.18 Å². The van der Waals surface area contributed by atoms with Gasteiger partial charge < -0.3 is 5.32 Å². The lowest BCUT2D eigenvalue weighted by Gasteiger charge is -2.25. The lowest BCUT2D eigenvalue weighted by atomic mass is 9.92. The van der Waals surface area contributed by atoms with E-state index < -0.39 is 11.6 Å². The van der Waals surface area contributed by atoms with E-state index in [2.05, 4.69) is 21.2 Å². The molecular formula is C19H19BrFN3O2. The van der Waals surface area contributed by atoms with Crippen molar-refractivity contribution in [3.8, 4) is 0 Å². The topological polar surface area (TPSA) is 52.6 Å². The molecule has 5 nitrogen and oxygen atoms in total. The van der Waals surface area contributed by atoms with Crippen LogP contribution in [0.3, 0.4) is 0 Å². The average molecular weight is 420 g/mol. The van der Waals surface area contributed by atoms with Gasteiger partial charge in [-0.1, -0.05) is 40.2 Å². The molecular weight excluding hydrogens is 401 g/mol. The summed E-state index contributed by atoms with van der Waals surface area (Å²) in [5.74, 6) is -0.591. The molecule has 0 radical (unpaired) electrons. The van der Waals surface area contributed by atoms with Crippen LogP contribution in [0.1, 0.15) is 18.1 Å². The zero-order chi connectivity index (χ0) is 18.9. The van der Waals surface area contributed by atoms with Gasteiger partial charge >= 0.3 is 6.03 Å². The van der Waals surface area contributed by atoms with Crippen LogP contribution >= 0.6 is 15.9 Å². The van der Waals surface area contributed by atoms with Crippen molar-refractivity contribution >= 4 is 27.9 Å². The number of benzene rings is 2. The van der Waals surface area contributed by atoms with Gasteiger partial charge in [-0.3, -0.25) is 9.69 Å². The lowest BCUT2D eigenvalue weighted by molar-refractivity contribution is -0.132. The van der Waals surface area contributed by atoms with Crippen molar-refractivity contribution < 1.29 is 14.0 Å². The van der Waals surface area contributed by atoms with Crippen molar-refractivity contribution in [3.63, 3.8) is 0 Å². The molecule has 0 bridgehead atoms. The van der Waals surface area contributed by atoms with E-state index >= 15 is 0 Å². The average Bonchev–Trinajstić information content (AvgIpc) is 2.82. The summed E-state index contributed by atoms with van der Waals surface area (Å²) in [7, 11) is 1.80. The fourth-order valence-electron chi connectivity index (χ4n) is 3.00. The van der Waals surface area contributed by atoms with E-state index in [-0.39, 0.29) is 18.4 Å². The Labute approximate surface area is 159 Å². The fraction of sp³-hybridized carbons (Fsp3) is 0.263. The number of hydrogen-bond acceptors (Lipinski definition) is 3. The van der Waals surface area contributed by atoms with Crippen molar-refractivity contribution in [1.82, 2.24) is 15.1 Å². The van der Waals surface area contributed by atoms with E-state index in [1.54, 1.807) is 26.1 Å². The minimum Gasteiger partial charge on any atom is -0.319 e. The smallest absolute Gasteiger partial charge is 0.319 e. The Bertz CT molecular complexity index is 826. The summed E-state index contributed by atoms with van der Waals surface area (Å²) in [5, 5.41) is 2.79. The van der Waals surface area contributed by atoms with E-state index in [0.29, 0.717) is 6.54 Å². The molecule has 1 heterocycles. The molecule has 1 N–H and O–H groups in total. The minimum absolute atomic E-state index is 0.147. The molecule has 1 aliphatic heterocycles. The highest BCUT2D eigenvalue weighted by Crippen LogP contribution is 2.29. The molecule has 0 aromatic heterocycles. The number of nitrogens with zero attached hydrogens (tertiary/aromatic N) is 2. The van der Waals surface area contributed by atoms with E-state index in [1.165, 1.54) is 17.0 Å². The van der Waals surface area contributed by atoms with Crippen molar-refractivity contribution in [2.45, 2.75) is 19.0 Å². The van der Waals surface area contributed by atoms with Crippen molar-refractivity contribution in [2.75, 3.05) is 13.7 Å². The standard InChI is InChI=1S/C19H19BrFN3O2/c1-19(14-5-7-15(20)8-6-14)17(25)24(18(26)22-19)12-23(2)11-13-3-9-16(21)10-4-13/h3-10H,11-12H2,1-2H3,(H,22,26). The molecule has 3 amide bonds. The largest absolute Gasteiger partial charge is 0.326 e. The Morgan fingerprint density at radius 3 is 2.35 bits per heavy atom. The predicted octanol–water partition coefficient (Wildman–Crippen LogP) is 3.44. The summed E-state index contributed by atoms with van der Waals surface area (Å²) < 4.78 is 13.9. The summed E-state index contributed by atoms with van der Waals surface area (Å²) >= 11 is 3.37. The molecule has 2 aromatic rings. The zero-order valence-corrected chi connectivity index (χ0v) is 16.1. The molecule has 0 saturated carbocycles. The molecule has 136 valence electrons.